The van der Waals surface area contributed by atoms with Crippen LogP contribution < -0.4 is 5.32 Å². The summed E-state index contributed by atoms with van der Waals surface area (Å²) in [5.41, 5.74) is 3.55. The van der Waals surface area contributed by atoms with Gasteiger partial charge in [-0.25, -0.2) is 4.98 Å². The Balaban J connectivity index is 2.03. The van der Waals surface area contributed by atoms with Gasteiger partial charge in [0, 0.05) is 11.8 Å². The molecule has 0 fully saturated rings. The smallest absolute Gasteiger partial charge is 0.255 e. The Hall–Kier alpha value is -1.26. The molecule has 0 amide bonds. The van der Waals surface area contributed by atoms with Crippen LogP contribution >= 0.6 is 11.8 Å². The Morgan fingerprint density at radius 3 is 2.85 bits per heavy atom. The summed E-state index contributed by atoms with van der Waals surface area (Å²) in [6.07, 6.45) is 2.83. The molecule has 0 saturated carbocycles. The SMILES string of the molecule is CCCNC(CSc1nc(C)co1)c1cccc(C)c1. The molecule has 108 valence electrons. The highest BCUT2D eigenvalue weighted by Gasteiger charge is 2.13. The van der Waals surface area contributed by atoms with E-state index in [2.05, 4.69) is 48.4 Å². The van der Waals surface area contributed by atoms with E-state index in [1.165, 1.54) is 11.1 Å². The van der Waals surface area contributed by atoms with E-state index < -0.39 is 0 Å². The minimum atomic E-state index is 0.326. The fourth-order valence-corrected chi connectivity index (χ4v) is 2.98. The highest BCUT2D eigenvalue weighted by molar-refractivity contribution is 7.99. The van der Waals surface area contributed by atoms with Gasteiger partial charge in [-0.05, 0) is 32.4 Å². The molecule has 2 rings (SSSR count). The van der Waals surface area contributed by atoms with Gasteiger partial charge in [-0.1, -0.05) is 48.5 Å². The van der Waals surface area contributed by atoms with E-state index in [1.54, 1.807) is 18.0 Å². The van der Waals surface area contributed by atoms with Crippen LogP contribution in [0, 0.1) is 13.8 Å². The minimum absolute atomic E-state index is 0.326. The lowest BCUT2D eigenvalue weighted by molar-refractivity contribution is 0.453. The Bertz CT molecular complexity index is 539. The van der Waals surface area contributed by atoms with Gasteiger partial charge in [0.15, 0.2) is 0 Å². The van der Waals surface area contributed by atoms with Gasteiger partial charge in [0.25, 0.3) is 5.22 Å². The van der Waals surface area contributed by atoms with E-state index in [0.29, 0.717) is 6.04 Å². The zero-order valence-electron chi connectivity index (χ0n) is 12.3. The summed E-state index contributed by atoms with van der Waals surface area (Å²) >= 11 is 1.66. The molecule has 2 aromatic rings. The first kappa shape index (κ1) is 15.1. The fraction of sp³-hybridized carbons (Fsp3) is 0.438. The molecule has 1 N–H and O–H groups in total. The Labute approximate surface area is 125 Å². The van der Waals surface area contributed by atoms with Crippen LogP contribution in [0.1, 0.15) is 36.2 Å². The Kier molecular flexibility index (Phi) is 5.68. The summed E-state index contributed by atoms with van der Waals surface area (Å²) in [7, 11) is 0. The number of hydrogen-bond donors (Lipinski definition) is 1. The van der Waals surface area contributed by atoms with Crippen molar-refractivity contribution in [2.45, 2.75) is 38.5 Å². The number of hydrogen-bond acceptors (Lipinski definition) is 4. The maximum Gasteiger partial charge on any atom is 0.255 e. The predicted octanol–water partition coefficient (Wildman–Crippen LogP) is 4.12. The van der Waals surface area contributed by atoms with Gasteiger partial charge in [0.05, 0.1) is 5.69 Å². The molecule has 1 aromatic carbocycles. The second kappa shape index (κ2) is 7.50. The highest BCUT2D eigenvalue weighted by atomic mass is 32.2. The first-order valence-electron chi connectivity index (χ1n) is 7.04. The second-order valence-corrected chi connectivity index (χ2v) is 5.96. The van der Waals surface area contributed by atoms with Crippen LogP contribution in [0.4, 0.5) is 0 Å². The van der Waals surface area contributed by atoms with Crippen LogP contribution in [0.2, 0.25) is 0 Å². The monoisotopic (exact) mass is 290 g/mol. The zero-order chi connectivity index (χ0) is 14.4. The molecular formula is C16H22N2OS. The van der Waals surface area contributed by atoms with Crippen molar-refractivity contribution in [2.75, 3.05) is 12.3 Å². The zero-order valence-corrected chi connectivity index (χ0v) is 13.2. The number of nitrogens with one attached hydrogen (secondary N) is 1. The van der Waals surface area contributed by atoms with Crippen LogP contribution in [0.25, 0.3) is 0 Å². The normalized spacial score (nSPS) is 12.6. The van der Waals surface area contributed by atoms with Crippen molar-refractivity contribution in [1.82, 2.24) is 10.3 Å². The molecule has 0 spiro atoms. The lowest BCUT2D eigenvalue weighted by Gasteiger charge is -2.18. The van der Waals surface area contributed by atoms with Crippen molar-refractivity contribution in [3.05, 3.63) is 47.3 Å². The summed E-state index contributed by atoms with van der Waals surface area (Å²) in [4.78, 5) is 4.34. The maximum atomic E-state index is 5.40. The molecule has 1 atom stereocenters. The molecule has 1 heterocycles. The molecule has 0 aliphatic carbocycles. The van der Waals surface area contributed by atoms with Gasteiger partial charge in [-0.15, -0.1) is 0 Å². The topological polar surface area (TPSA) is 38.1 Å². The largest absolute Gasteiger partial charge is 0.440 e. The molecule has 1 aromatic heterocycles. The third-order valence-corrected chi connectivity index (χ3v) is 3.99. The first-order valence-corrected chi connectivity index (χ1v) is 8.02. The van der Waals surface area contributed by atoms with E-state index in [4.69, 9.17) is 4.42 Å². The molecule has 1 unspecified atom stereocenters. The molecule has 0 saturated heterocycles. The van der Waals surface area contributed by atoms with E-state index >= 15 is 0 Å². The van der Waals surface area contributed by atoms with Gasteiger partial charge in [-0.3, -0.25) is 0 Å². The summed E-state index contributed by atoms with van der Waals surface area (Å²) in [6, 6.07) is 9.00. The van der Waals surface area contributed by atoms with Crippen LogP contribution in [-0.2, 0) is 0 Å². The lowest BCUT2D eigenvalue weighted by Crippen LogP contribution is -2.24. The third kappa shape index (κ3) is 4.39. The quantitative estimate of drug-likeness (QED) is 0.778. The first-order chi connectivity index (χ1) is 9.69. The Morgan fingerprint density at radius 2 is 2.20 bits per heavy atom. The molecule has 0 bridgehead atoms. The lowest BCUT2D eigenvalue weighted by atomic mass is 10.1. The van der Waals surface area contributed by atoms with Crippen molar-refractivity contribution in [2.24, 2.45) is 0 Å². The van der Waals surface area contributed by atoms with Crippen molar-refractivity contribution in [3.8, 4) is 0 Å². The van der Waals surface area contributed by atoms with Crippen molar-refractivity contribution < 1.29 is 4.42 Å². The van der Waals surface area contributed by atoms with E-state index in [-0.39, 0.29) is 0 Å². The van der Waals surface area contributed by atoms with Crippen LogP contribution in [0.3, 0.4) is 0 Å². The highest BCUT2D eigenvalue weighted by Crippen LogP contribution is 2.24. The number of nitrogens with zero attached hydrogens (tertiary/aromatic N) is 1. The average molecular weight is 290 g/mol. The molecule has 0 aliphatic rings. The van der Waals surface area contributed by atoms with Gasteiger partial charge in [0.2, 0.25) is 0 Å². The van der Waals surface area contributed by atoms with Gasteiger partial charge >= 0.3 is 0 Å². The summed E-state index contributed by atoms with van der Waals surface area (Å²) in [5, 5.41) is 4.35. The fourth-order valence-electron chi connectivity index (χ4n) is 2.03. The van der Waals surface area contributed by atoms with E-state index in [1.807, 2.05) is 6.92 Å². The number of aromatic nitrogens is 1. The van der Waals surface area contributed by atoms with Crippen molar-refractivity contribution >= 4 is 11.8 Å². The van der Waals surface area contributed by atoms with Gasteiger partial charge < -0.3 is 9.73 Å². The number of rotatable bonds is 7. The predicted molar refractivity (Wildman–Crippen MR) is 84.2 cm³/mol. The molecule has 20 heavy (non-hydrogen) atoms. The van der Waals surface area contributed by atoms with E-state index in [0.717, 1.165) is 29.6 Å². The molecular weight excluding hydrogens is 268 g/mol. The van der Waals surface area contributed by atoms with Crippen molar-refractivity contribution in [3.63, 3.8) is 0 Å². The van der Waals surface area contributed by atoms with Gasteiger partial charge in [-0.2, -0.15) is 0 Å². The van der Waals surface area contributed by atoms with Crippen LogP contribution in [0.5, 0.6) is 0 Å². The van der Waals surface area contributed by atoms with Gasteiger partial charge in [0.1, 0.15) is 6.26 Å². The minimum Gasteiger partial charge on any atom is -0.440 e. The maximum absolute atomic E-state index is 5.40. The average Bonchev–Trinajstić information content (AvgIpc) is 2.85. The van der Waals surface area contributed by atoms with E-state index in [9.17, 15) is 0 Å². The molecule has 0 radical (unpaired) electrons. The summed E-state index contributed by atoms with van der Waals surface area (Å²) in [5.74, 6) is 0.920. The third-order valence-electron chi connectivity index (χ3n) is 3.06. The van der Waals surface area contributed by atoms with Crippen LogP contribution in [-0.4, -0.2) is 17.3 Å². The molecule has 0 aliphatic heterocycles. The van der Waals surface area contributed by atoms with Crippen molar-refractivity contribution in [1.29, 1.82) is 0 Å². The number of benzene rings is 1. The molecule has 4 heteroatoms. The second-order valence-electron chi connectivity index (χ2n) is 4.99. The Morgan fingerprint density at radius 1 is 1.35 bits per heavy atom. The standard InChI is InChI=1S/C16H22N2OS/c1-4-8-17-15(14-7-5-6-12(2)9-14)11-20-16-18-13(3)10-19-16/h5-7,9-10,15,17H,4,8,11H2,1-3H3. The summed E-state index contributed by atoms with van der Waals surface area (Å²) < 4.78 is 5.40. The molecule has 3 nitrogen and oxygen atoms in total. The number of aryl methyl sites for hydroxylation is 2. The number of oxazole rings is 1. The number of thioether (sulfide) groups is 1. The van der Waals surface area contributed by atoms with Crippen LogP contribution in [0.15, 0.2) is 40.2 Å². The summed E-state index contributed by atoms with van der Waals surface area (Å²) in [6.45, 7) is 7.28.